The maximum absolute atomic E-state index is 13.0. The average Bonchev–Trinajstić information content (AvgIpc) is 3.17. The van der Waals surface area contributed by atoms with E-state index in [0.29, 0.717) is 6.42 Å². The van der Waals surface area contributed by atoms with E-state index in [-0.39, 0.29) is 6.61 Å². The van der Waals surface area contributed by atoms with Gasteiger partial charge >= 0.3 is 0 Å². The van der Waals surface area contributed by atoms with Gasteiger partial charge in [-0.15, -0.1) is 0 Å². The number of unbranched alkanes of at least 4 members (excludes halogenated alkanes) is 26. The summed E-state index contributed by atoms with van der Waals surface area (Å²) in [6, 6.07) is -0.973. The van der Waals surface area contributed by atoms with Gasteiger partial charge in [0.25, 0.3) is 0 Å². The van der Waals surface area contributed by atoms with E-state index in [0.717, 1.165) is 44.9 Å². The zero-order valence-corrected chi connectivity index (χ0v) is 34.6. The van der Waals surface area contributed by atoms with Gasteiger partial charge in [0.15, 0.2) is 6.29 Å². The Balaban J connectivity index is 2.38. The van der Waals surface area contributed by atoms with Crippen LogP contribution < -0.4 is 5.32 Å². The maximum atomic E-state index is 13.0. The Morgan fingerprint density at radius 1 is 0.630 bits per heavy atom. The molecule has 1 rings (SSSR count). The minimum Gasteiger partial charge on any atom is -0.394 e. The van der Waals surface area contributed by atoms with Crippen LogP contribution >= 0.6 is 0 Å². The first-order chi connectivity index (χ1) is 26.3. The van der Waals surface area contributed by atoms with Gasteiger partial charge in [0.2, 0.25) is 5.91 Å². The molecule has 0 aromatic carbocycles. The van der Waals surface area contributed by atoms with Crippen LogP contribution in [0.25, 0.3) is 0 Å². The summed E-state index contributed by atoms with van der Waals surface area (Å²) in [7, 11) is 0. The second-order valence-corrected chi connectivity index (χ2v) is 16.0. The predicted molar refractivity (Wildman–Crippen MR) is 218 cm³/mol. The van der Waals surface area contributed by atoms with E-state index in [1.165, 1.54) is 135 Å². The molecule has 10 nitrogen and oxygen atoms in total. The number of carbonyl (C=O) groups excluding carboxylic acids is 1. The molecule has 0 spiro atoms. The van der Waals surface area contributed by atoms with Crippen molar-refractivity contribution in [1.82, 2.24) is 5.32 Å². The monoisotopic (exact) mass is 772 g/mol. The third-order valence-electron chi connectivity index (χ3n) is 11.0. The standard InChI is InChI=1S/C44H85NO9/c1-3-5-7-9-11-13-15-16-17-18-19-20-21-23-25-27-29-31-33-38(48)43(52)45-36(35-53-44-42(51)41(50)40(49)39(34-46)54-44)37(47)32-30-28-26-24-22-14-12-10-8-6-4-2/h30,32,36-42,44,46-51H,3-29,31,33-35H2,1-2H3,(H,45,52)/b32-30+/t36-,37+,38+,39+,40+,41-,42+,44+/m0/s1. The summed E-state index contributed by atoms with van der Waals surface area (Å²) >= 11 is 0. The van der Waals surface area contributed by atoms with Gasteiger partial charge in [-0.25, -0.2) is 0 Å². The van der Waals surface area contributed by atoms with E-state index in [4.69, 9.17) is 9.47 Å². The maximum Gasteiger partial charge on any atom is 0.249 e. The topological polar surface area (TPSA) is 169 Å². The van der Waals surface area contributed by atoms with Crippen molar-refractivity contribution in [2.75, 3.05) is 13.2 Å². The van der Waals surface area contributed by atoms with Crippen molar-refractivity contribution in [1.29, 1.82) is 0 Å². The first-order valence-electron chi connectivity index (χ1n) is 22.5. The zero-order chi connectivity index (χ0) is 39.7. The molecule has 0 aliphatic carbocycles. The Morgan fingerprint density at radius 3 is 1.50 bits per heavy atom. The lowest BCUT2D eigenvalue weighted by atomic mass is 9.99. The van der Waals surface area contributed by atoms with E-state index in [9.17, 15) is 35.4 Å². The number of hydrogen-bond donors (Lipinski definition) is 7. The molecule has 1 saturated heterocycles. The van der Waals surface area contributed by atoms with Crippen molar-refractivity contribution in [3.8, 4) is 0 Å². The molecule has 7 N–H and O–H groups in total. The van der Waals surface area contributed by atoms with Gasteiger partial charge in [0.1, 0.15) is 30.5 Å². The second kappa shape index (κ2) is 35.1. The van der Waals surface area contributed by atoms with Crippen LogP contribution in [0.2, 0.25) is 0 Å². The largest absolute Gasteiger partial charge is 0.394 e. The Morgan fingerprint density at radius 2 is 1.06 bits per heavy atom. The Kier molecular flexibility index (Phi) is 33.1. The van der Waals surface area contributed by atoms with Crippen molar-refractivity contribution in [3.63, 3.8) is 0 Å². The Hall–Kier alpha value is -1.11. The van der Waals surface area contributed by atoms with E-state index >= 15 is 0 Å². The molecule has 1 fully saturated rings. The molecule has 8 atom stereocenters. The molecular weight excluding hydrogens is 686 g/mol. The van der Waals surface area contributed by atoms with Crippen LogP contribution in [0.4, 0.5) is 0 Å². The fourth-order valence-electron chi connectivity index (χ4n) is 7.22. The number of amides is 1. The van der Waals surface area contributed by atoms with Crippen molar-refractivity contribution >= 4 is 5.91 Å². The van der Waals surface area contributed by atoms with Gasteiger partial charge in [-0.1, -0.05) is 193 Å². The summed E-state index contributed by atoms with van der Waals surface area (Å²) in [6.07, 6.45) is 28.7. The van der Waals surface area contributed by atoms with Crippen LogP contribution in [0.1, 0.15) is 200 Å². The van der Waals surface area contributed by atoms with Crippen molar-refractivity contribution < 1.29 is 44.9 Å². The predicted octanol–water partition coefficient (Wildman–Crippen LogP) is 7.92. The van der Waals surface area contributed by atoms with Crippen LogP contribution in [-0.2, 0) is 14.3 Å². The normalized spacial score (nSPS) is 22.1. The van der Waals surface area contributed by atoms with Crippen LogP contribution in [0, 0.1) is 0 Å². The number of nitrogens with one attached hydrogen (secondary N) is 1. The molecule has 0 unspecified atom stereocenters. The van der Waals surface area contributed by atoms with Crippen LogP contribution in [0.5, 0.6) is 0 Å². The van der Waals surface area contributed by atoms with Gasteiger partial charge in [0, 0.05) is 0 Å². The summed E-state index contributed by atoms with van der Waals surface area (Å²) in [4.78, 5) is 13.0. The summed E-state index contributed by atoms with van der Waals surface area (Å²) in [6.45, 7) is 3.59. The fraction of sp³-hybridized carbons (Fsp3) is 0.932. The molecule has 320 valence electrons. The molecule has 0 saturated carbocycles. The van der Waals surface area contributed by atoms with Gasteiger partial charge in [-0.3, -0.25) is 4.79 Å². The minimum atomic E-state index is -1.61. The summed E-state index contributed by atoms with van der Waals surface area (Å²) in [5.41, 5.74) is 0. The Labute approximate surface area is 329 Å². The first kappa shape index (κ1) is 50.9. The number of aliphatic hydroxyl groups excluding tert-OH is 6. The highest BCUT2D eigenvalue weighted by Gasteiger charge is 2.44. The highest BCUT2D eigenvalue weighted by molar-refractivity contribution is 5.80. The molecule has 0 aromatic rings. The summed E-state index contributed by atoms with van der Waals surface area (Å²) in [5.74, 6) is -0.615. The van der Waals surface area contributed by atoms with Crippen LogP contribution in [0.15, 0.2) is 12.2 Å². The fourth-order valence-corrected chi connectivity index (χ4v) is 7.22. The summed E-state index contributed by atoms with van der Waals surface area (Å²) in [5, 5.41) is 64.5. The Bertz CT molecular complexity index is 875. The molecule has 0 radical (unpaired) electrons. The third-order valence-corrected chi connectivity index (χ3v) is 11.0. The van der Waals surface area contributed by atoms with Gasteiger partial charge in [-0.05, 0) is 19.3 Å². The highest BCUT2D eigenvalue weighted by atomic mass is 16.7. The van der Waals surface area contributed by atoms with Gasteiger partial charge in [0.05, 0.1) is 25.4 Å². The lowest BCUT2D eigenvalue weighted by Gasteiger charge is -2.40. The highest BCUT2D eigenvalue weighted by Crippen LogP contribution is 2.23. The molecule has 0 bridgehead atoms. The first-order valence-corrected chi connectivity index (χ1v) is 22.5. The smallest absolute Gasteiger partial charge is 0.249 e. The zero-order valence-electron chi connectivity index (χ0n) is 34.6. The van der Waals surface area contributed by atoms with Crippen LogP contribution in [0.3, 0.4) is 0 Å². The number of ether oxygens (including phenoxy) is 2. The lowest BCUT2D eigenvalue weighted by molar-refractivity contribution is -0.302. The molecular formula is C44H85NO9. The summed E-state index contributed by atoms with van der Waals surface area (Å²) < 4.78 is 11.1. The molecule has 0 aromatic heterocycles. The van der Waals surface area contributed by atoms with Crippen LogP contribution in [-0.4, -0.2) is 98.7 Å². The average molecular weight is 772 g/mol. The molecule has 10 heteroatoms. The number of hydrogen-bond acceptors (Lipinski definition) is 9. The number of carbonyl (C=O) groups is 1. The van der Waals surface area contributed by atoms with Crippen molar-refractivity contribution in [2.24, 2.45) is 0 Å². The second-order valence-electron chi connectivity index (χ2n) is 16.0. The SMILES string of the molecule is CCCCCCCCCCC/C=C/[C@@H](O)[C@H](CO[C@@H]1O[C@H](CO)[C@@H](O)[C@H](O)[C@H]1O)NC(=O)[C@H](O)CCCCCCCCCCCCCCCCCCCC. The molecule has 1 amide bonds. The van der Waals surface area contributed by atoms with E-state index in [1.54, 1.807) is 6.08 Å². The molecule has 1 aliphatic rings. The van der Waals surface area contributed by atoms with Gasteiger partial charge in [-0.2, -0.15) is 0 Å². The van der Waals surface area contributed by atoms with Gasteiger partial charge < -0.3 is 45.4 Å². The van der Waals surface area contributed by atoms with E-state index in [1.807, 2.05) is 6.08 Å². The quantitative estimate of drug-likeness (QED) is 0.0245. The number of rotatable bonds is 37. The molecule has 1 aliphatic heterocycles. The van der Waals surface area contributed by atoms with E-state index in [2.05, 4.69) is 19.2 Å². The van der Waals surface area contributed by atoms with Crippen molar-refractivity contribution in [2.45, 2.75) is 249 Å². The number of aliphatic hydroxyl groups is 6. The lowest BCUT2D eigenvalue weighted by Crippen LogP contribution is -2.60. The van der Waals surface area contributed by atoms with Crippen molar-refractivity contribution in [3.05, 3.63) is 12.2 Å². The molecule has 54 heavy (non-hydrogen) atoms. The van der Waals surface area contributed by atoms with E-state index < -0.39 is 61.5 Å². The number of allylic oxidation sites excluding steroid dienone is 1. The minimum absolute atomic E-state index is 0.302. The third kappa shape index (κ3) is 25.2. The molecule has 1 heterocycles.